The van der Waals surface area contributed by atoms with Crippen LogP contribution < -0.4 is 5.73 Å². The van der Waals surface area contributed by atoms with Gasteiger partial charge in [0.05, 0.1) is 21.9 Å². The lowest BCUT2D eigenvalue weighted by Gasteiger charge is -1.87. The summed E-state index contributed by atoms with van der Waals surface area (Å²) < 4.78 is 1.10. The predicted octanol–water partition coefficient (Wildman–Crippen LogP) is 1.75. The Morgan fingerprint density at radius 2 is 2.31 bits per heavy atom. The highest BCUT2D eigenvalue weighted by Crippen LogP contribution is 2.28. The molecule has 3 N–H and O–H groups in total. The lowest BCUT2D eigenvalue weighted by atomic mass is 10.2. The molecule has 3 aromatic rings. The minimum Gasteiger partial charge on any atom is -0.375 e. The number of H-pyrrole nitrogens is 1. The topological polar surface area (TPSA) is 67.6 Å². The van der Waals surface area contributed by atoms with E-state index in [-0.39, 0.29) is 0 Å². The Balaban J connectivity index is 2.64. The minimum absolute atomic E-state index is 0.601. The van der Waals surface area contributed by atoms with Crippen LogP contribution in [0.5, 0.6) is 0 Å². The Kier molecular flexibility index (Phi) is 1.16. The summed E-state index contributed by atoms with van der Waals surface area (Å²) in [6.45, 7) is 0. The van der Waals surface area contributed by atoms with Gasteiger partial charge in [-0.05, 0) is 12.1 Å². The Hall–Kier alpha value is -1.62. The van der Waals surface area contributed by atoms with Gasteiger partial charge in [0.2, 0.25) is 0 Å². The van der Waals surface area contributed by atoms with Gasteiger partial charge >= 0.3 is 0 Å². The number of aromatic nitrogens is 3. The number of hydrogen-bond acceptors (Lipinski definition) is 4. The van der Waals surface area contributed by atoms with Crippen molar-refractivity contribution in [3.8, 4) is 0 Å². The predicted molar refractivity (Wildman–Crippen MR) is 53.7 cm³/mol. The highest BCUT2D eigenvalue weighted by Gasteiger charge is 2.05. The number of nitrogens with one attached hydrogen (secondary N) is 1. The van der Waals surface area contributed by atoms with Gasteiger partial charge < -0.3 is 5.73 Å². The van der Waals surface area contributed by atoms with Crippen LogP contribution in [0.25, 0.3) is 21.1 Å². The van der Waals surface area contributed by atoms with Crippen molar-refractivity contribution in [2.45, 2.75) is 0 Å². The maximum Gasteiger partial charge on any atom is 0.181 e. The standard InChI is InChI=1S/C8H6N4S/c9-8-11-7-4-3-10-12-5(4)1-2-6(7)13-8/h1-3H,(H2,9,11)(H,10,12). The molecule has 0 atom stereocenters. The quantitative estimate of drug-likeness (QED) is 0.567. The molecule has 0 radical (unpaired) electrons. The molecule has 64 valence electrons. The lowest BCUT2D eigenvalue weighted by Crippen LogP contribution is -1.79. The molecule has 1 aromatic carbocycles. The molecular weight excluding hydrogens is 184 g/mol. The highest BCUT2D eigenvalue weighted by atomic mass is 32.1. The van der Waals surface area contributed by atoms with E-state index in [2.05, 4.69) is 15.2 Å². The molecule has 5 heteroatoms. The number of nitrogens with two attached hydrogens (primary N) is 1. The van der Waals surface area contributed by atoms with E-state index in [4.69, 9.17) is 5.73 Å². The van der Waals surface area contributed by atoms with Gasteiger partial charge in [0.15, 0.2) is 5.13 Å². The fraction of sp³-hybridized carbons (Fsp3) is 0. The van der Waals surface area contributed by atoms with E-state index in [0.717, 1.165) is 21.1 Å². The summed E-state index contributed by atoms with van der Waals surface area (Å²) in [4.78, 5) is 4.25. The molecule has 0 saturated carbocycles. The Labute approximate surface area is 77.4 Å². The fourth-order valence-corrected chi connectivity index (χ4v) is 2.18. The first-order valence-corrected chi connectivity index (χ1v) is 4.64. The largest absolute Gasteiger partial charge is 0.375 e. The van der Waals surface area contributed by atoms with Crippen LogP contribution in [0, 0.1) is 0 Å². The van der Waals surface area contributed by atoms with Crippen LogP contribution >= 0.6 is 11.3 Å². The van der Waals surface area contributed by atoms with Crippen LogP contribution in [0.15, 0.2) is 18.3 Å². The van der Waals surface area contributed by atoms with E-state index in [1.165, 1.54) is 11.3 Å². The summed E-state index contributed by atoms with van der Waals surface area (Å²) in [6.07, 6.45) is 1.77. The number of anilines is 1. The summed E-state index contributed by atoms with van der Waals surface area (Å²) in [5, 5.41) is 8.49. The van der Waals surface area contributed by atoms with Crippen molar-refractivity contribution in [1.82, 2.24) is 15.2 Å². The maximum atomic E-state index is 5.63. The Morgan fingerprint density at radius 3 is 3.23 bits per heavy atom. The van der Waals surface area contributed by atoms with Gasteiger partial charge in [-0.3, -0.25) is 5.10 Å². The molecule has 3 rings (SSSR count). The molecule has 0 unspecified atom stereocenters. The molecule has 0 spiro atoms. The minimum atomic E-state index is 0.601. The molecule has 0 fully saturated rings. The second-order valence-electron chi connectivity index (χ2n) is 2.80. The van der Waals surface area contributed by atoms with E-state index in [1.807, 2.05) is 12.1 Å². The van der Waals surface area contributed by atoms with Crippen LogP contribution in [-0.4, -0.2) is 15.2 Å². The zero-order chi connectivity index (χ0) is 8.84. The number of hydrogen-bond donors (Lipinski definition) is 2. The van der Waals surface area contributed by atoms with Gasteiger partial charge in [0.25, 0.3) is 0 Å². The molecule has 13 heavy (non-hydrogen) atoms. The molecule has 0 aliphatic heterocycles. The maximum absolute atomic E-state index is 5.63. The number of nitrogens with zero attached hydrogens (tertiary/aromatic N) is 2. The molecule has 2 aromatic heterocycles. The third-order valence-electron chi connectivity index (χ3n) is 2.00. The normalized spacial score (nSPS) is 11.4. The zero-order valence-electron chi connectivity index (χ0n) is 6.61. The van der Waals surface area contributed by atoms with Gasteiger partial charge in [-0.2, -0.15) is 5.10 Å². The third kappa shape index (κ3) is 0.844. The number of benzene rings is 1. The van der Waals surface area contributed by atoms with Gasteiger partial charge in [-0.15, -0.1) is 0 Å². The zero-order valence-corrected chi connectivity index (χ0v) is 7.43. The molecule has 0 bridgehead atoms. The van der Waals surface area contributed by atoms with Gasteiger partial charge in [0, 0.05) is 5.39 Å². The first kappa shape index (κ1) is 6.85. The summed E-state index contributed by atoms with van der Waals surface area (Å²) in [6, 6.07) is 3.99. The van der Waals surface area contributed by atoms with Crippen LogP contribution in [-0.2, 0) is 0 Å². The molecule has 0 aliphatic rings. The second kappa shape index (κ2) is 2.20. The number of nitrogen functional groups attached to an aromatic ring is 1. The Bertz CT molecular complexity index is 580. The highest BCUT2D eigenvalue weighted by molar-refractivity contribution is 7.22. The van der Waals surface area contributed by atoms with E-state index in [1.54, 1.807) is 6.20 Å². The fourth-order valence-electron chi connectivity index (χ4n) is 1.43. The molecule has 4 nitrogen and oxygen atoms in total. The van der Waals surface area contributed by atoms with Crippen molar-refractivity contribution in [3.63, 3.8) is 0 Å². The summed E-state index contributed by atoms with van der Waals surface area (Å²) >= 11 is 1.50. The summed E-state index contributed by atoms with van der Waals surface area (Å²) in [5.74, 6) is 0. The van der Waals surface area contributed by atoms with E-state index in [0.29, 0.717) is 5.13 Å². The van der Waals surface area contributed by atoms with Crippen molar-refractivity contribution in [3.05, 3.63) is 18.3 Å². The van der Waals surface area contributed by atoms with Crippen molar-refractivity contribution in [2.24, 2.45) is 0 Å². The van der Waals surface area contributed by atoms with Gasteiger partial charge in [-0.1, -0.05) is 11.3 Å². The van der Waals surface area contributed by atoms with Crippen molar-refractivity contribution >= 4 is 37.6 Å². The van der Waals surface area contributed by atoms with Crippen LogP contribution in [0.2, 0.25) is 0 Å². The molecule has 0 aliphatic carbocycles. The smallest absolute Gasteiger partial charge is 0.181 e. The first-order valence-electron chi connectivity index (χ1n) is 3.83. The van der Waals surface area contributed by atoms with Crippen LogP contribution in [0.4, 0.5) is 5.13 Å². The third-order valence-corrected chi connectivity index (χ3v) is 2.85. The number of fused-ring (bicyclic) bond motifs is 3. The second-order valence-corrected chi connectivity index (χ2v) is 3.86. The van der Waals surface area contributed by atoms with Gasteiger partial charge in [0.1, 0.15) is 0 Å². The summed E-state index contributed by atoms with van der Waals surface area (Å²) in [5.41, 5.74) is 7.56. The number of aromatic amines is 1. The molecule has 0 saturated heterocycles. The number of rotatable bonds is 0. The Morgan fingerprint density at radius 1 is 1.38 bits per heavy atom. The van der Waals surface area contributed by atoms with E-state index in [9.17, 15) is 0 Å². The van der Waals surface area contributed by atoms with Crippen molar-refractivity contribution < 1.29 is 0 Å². The van der Waals surface area contributed by atoms with Gasteiger partial charge in [-0.25, -0.2) is 4.98 Å². The van der Waals surface area contributed by atoms with E-state index >= 15 is 0 Å². The average Bonchev–Trinajstić information content (AvgIpc) is 2.65. The monoisotopic (exact) mass is 190 g/mol. The van der Waals surface area contributed by atoms with Crippen molar-refractivity contribution in [2.75, 3.05) is 5.73 Å². The number of thiazole rings is 1. The summed E-state index contributed by atoms with van der Waals surface area (Å²) in [7, 11) is 0. The lowest BCUT2D eigenvalue weighted by molar-refractivity contribution is 1.12. The van der Waals surface area contributed by atoms with E-state index < -0.39 is 0 Å². The molecule has 0 amide bonds. The molecular formula is C8H6N4S. The average molecular weight is 190 g/mol. The van der Waals surface area contributed by atoms with Crippen molar-refractivity contribution in [1.29, 1.82) is 0 Å². The van der Waals surface area contributed by atoms with Crippen LogP contribution in [0.1, 0.15) is 0 Å². The first-order chi connectivity index (χ1) is 6.34. The SMILES string of the molecule is Nc1nc2c(ccc3[nH]ncc32)s1. The van der Waals surface area contributed by atoms with Crippen LogP contribution in [0.3, 0.4) is 0 Å². The molecule has 2 heterocycles.